The van der Waals surface area contributed by atoms with Crippen molar-refractivity contribution in [3.63, 3.8) is 0 Å². The van der Waals surface area contributed by atoms with Crippen molar-refractivity contribution in [2.75, 3.05) is 13.7 Å². The first-order valence-corrected chi connectivity index (χ1v) is 4.11. The number of allylic oxidation sites excluding steroid dienone is 1. The molecule has 0 aliphatic carbocycles. The van der Waals surface area contributed by atoms with Crippen LogP contribution in [0.3, 0.4) is 0 Å². The van der Waals surface area contributed by atoms with E-state index >= 15 is 0 Å². The number of esters is 1. The lowest BCUT2D eigenvalue weighted by atomic mass is 10.1. The van der Waals surface area contributed by atoms with Crippen molar-refractivity contribution in [3.05, 3.63) is 11.3 Å². The Hall–Kier alpha value is -1.32. The monoisotopic (exact) mass is 185 g/mol. The first kappa shape index (κ1) is 11.7. The molecule has 0 aliphatic rings. The standard InChI is InChI=1S/C9H15NO3/c1-5-13-9(12)8(7(3)11)6(2)10-4/h10H,5H2,1-4H3. The van der Waals surface area contributed by atoms with Crippen LogP contribution in [0.5, 0.6) is 0 Å². The van der Waals surface area contributed by atoms with E-state index in [0.29, 0.717) is 5.70 Å². The molecule has 0 saturated carbocycles. The van der Waals surface area contributed by atoms with E-state index in [1.807, 2.05) is 0 Å². The van der Waals surface area contributed by atoms with Crippen LogP contribution in [0, 0.1) is 0 Å². The van der Waals surface area contributed by atoms with Gasteiger partial charge in [0.1, 0.15) is 5.57 Å². The highest BCUT2D eigenvalue weighted by Gasteiger charge is 2.18. The largest absolute Gasteiger partial charge is 0.462 e. The van der Waals surface area contributed by atoms with E-state index in [1.54, 1.807) is 20.9 Å². The number of Topliss-reactive ketones (excluding diaryl/α,β-unsaturated/α-hetero) is 1. The van der Waals surface area contributed by atoms with Gasteiger partial charge in [0, 0.05) is 12.7 Å². The molecule has 0 atom stereocenters. The maximum atomic E-state index is 11.2. The molecule has 1 N–H and O–H groups in total. The summed E-state index contributed by atoms with van der Waals surface area (Å²) in [6.45, 7) is 4.97. The van der Waals surface area contributed by atoms with E-state index in [1.165, 1.54) is 6.92 Å². The predicted molar refractivity (Wildman–Crippen MR) is 49.1 cm³/mol. The quantitative estimate of drug-likeness (QED) is 0.302. The topological polar surface area (TPSA) is 55.4 Å². The number of ether oxygens (including phenoxy) is 1. The molecule has 0 amide bonds. The SMILES string of the molecule is CCOC(=O)C(C(C)=O)=C(C)NC. The molecule has 0 heterocycles. The van der Waals surface area contributed by atoms with Gasteiger partial charge in [-0.2, -0.15) is 0 Å². The van der Waals surface area contributed by atoms with Gasteiger partial charge in [0.2, 0.25) is 0 Å². The lowest BCUT2D eigenvalue weighted by molar-refractivity contribution is -0.139. The third-order valence-electron chi connectivity index (χ3n) is 1.58. The molecule has 0 fully saturated rings. The number of carbonyl (C=O) groups excluding carboxylic acids is 2. The average Bonchev–Trinajstić information content (AvgIpc) is 2.04. The molecular formula is C9H15NO3. The Bertz CT molecular complexity index is 243. The minimum absolute atomic E-state index is 0.0874. The maximum absolute atomic E-state index is 11.2. The van der Waals surface area contributed by atoms with Gasteiger partial charge in [-0.15, -0.1) is 0 Å². The van der Waals surface area contributed by atoms with Crippen LogP contribution in [0.15, 0.2) is 11.3 Å². The molecule has 4 nitrogen and oxygen atoms in total. The van der Waals surface area contributed by atoms with Crippen LogP contribution >= 0.6 is 0 Å². The molecule has 74 valence electrons. The number of ketones is 1. The number of hydrogen-bond acceptors (Lipinski definition) is 4. The van der Waals surface area contributed by atoms with Crippen molar-refractivity contribution < 1.29 is 14.3 Å². The van der Waals surface area contributed by atoms with Crippen molar-refractivity contribution in [1.29, 1.82) is 0 Å². The normalized spacial score (nSPS) is 11.7. The van der Waals surface area contributed by atoms with Gasteiger partial charge in [0.25, 0.3) is 0 Å². The first-order chi connectivity index (χ1) is 6.04. The van der Waals surface area contributed by atoms with Gasteiger partial charge in [-0.3, -0.25) is 4.79 Å². The zero-order chi connectivity index (χ0) is 10.4. The smallest absolute Gasteiger partial charge is 0.343 e. The van der Waals surface area contributed by atoms with Crippen LogP contribution in [0.4, 0.5) is 0 Å². The maximum Gasteiger partial charge on any atom is 0.343 e. The van der Waals surface area contributed by atoms with Gasteiger partial charge in [0.15, 0.2) is 5.78 Å². The zero-order valence-corrected chi connectivity index (χ0v) is 8.43. The molecule has 0 radical (unpaired) electrons. The number of hydrogen-bond donors (Lipinski definition) is 1. The predicted octanol–water partition coefficient (Wildman–Crippen LogP) is 0.632. The molecule has 13 heavy (non-hydrogen) atoms. The minimum atomic E-state index is -0.568. The molecule has 0 spiro atoms. The van der Waals surface area contributed by atoms with Crippen molar-refractivity contribution in [3.8, 4) is 0 Å². The van der Waals surface area contributed by atoms with Crippen molar-refractivity contribution in [2.45, 2.75) is 20.8 Å². The Labute approximate surface area is 78.0 Å². The van der Waals surface area contributed by atoms with Crippen LogP contribution in [0.2, 0.25) is 0 Å². The fourth-order valence-corrected chi connectivity index (χ4v) is 0.889. The fourth-order valence-electron chi connectivity index (χ4n) is 0.889. The Morgan fingerprint density at radius 3 is 2.15 bits per heavy atom. The second kappa shape index (κ2) is 5.35. The summed E-state index contributed by atoms with van der Waals surface area (Å²) < 4.78 is 4.73. The van der Waals surface area contributed by atoms with E-state index in [9.17, 15) is 9.59 Å². The van der Waals surface area contributed by atoms with E-state index < -0.39 is 5.97 Å². The molecular weight excluding hydrogens is 170 g/mol. The highest BCUT2D eigenvalue weighted by atomic mass is 16.5. The third kappa shape index (κ3) is 3.27. The third-order valence-corrected chi connectivity index (χ3v) is 1.58. The van der Waals surface area contributed by atoms with Crippen molar-refractivity contribution >= 4 is 11.8 Å². The van der Waals surface area contributed by atoms with E-state index in [4.69, 9.17) is 4.74 Å². The molecule has 0 aliphatic heterocycles. The Morgan fingerprint density at radius 2 is 1.85 bits per heavy atom. The van der Waals surface area contributed by atoms with Crippen LogP contribution < -0.4 is 5.32 Å². The molecule has 4 heteroatoms. The Kier molecular flexibility index (Phi) is 4.80. The summed E-state index contributed by atoms with van der Waals surface area (Å²) in [7, 11) is 1.65. The van der Waals surface area contributed by atoms with Gasteiger partial charge >= 0.3 is 5.97 Å². The summed E-state index contributed by atoms with van der Waals surface area (Å²) in [5.41, 5.74) is 0.621. The summed E-state index contributed by atoms with van der Waals surface area (Å²) in [6, 6.07) is 0. The average molecular weight is 185 g/mol. The number of rotatable bonds is 4. The Morgan fingerprint density at radius 1 is 1.31 bits per heavy atom. The summed E-state index contributed by atoms with van der Waals surface area (Å²) in [5.74, 6) is -0.854. The molecule has 0 unspecified atom stereocenters. The zero-order valence-electron chi connectivity index (χ0n) is 8.43. The fraction of sp³-hybridized carbons (Fsp3) is 0.556. The molecule has 0 aromatic heterocycles. The van der Waals surface area contributed by atoms with Gasteiger partial charge in [-0.05, 0) is 20.8 Å². The second-order valence-electron chi connectivity index (χ2n) is 2.53. The molecule has 0 aromatic carbocycles. The summed E-state index contributed by atoms with van der Waals surface area (Å²) in [4.78, 5) is 22.3. The lowest BCUT2D eigenvalue weighted by Gasteiger charge is -2.07. The second-order valence-corrected chi connectivity index (χ2v) is 2.53. The van der Waals surface area contributed by atoms with Gasteiger partial charge < -0.3 is 10.1 Å². The summed E-state index contributed by atoms with van der Waals surface area (Å²) in [5, 5.41) is 2.74. The van der Waals surface area contributed by atoms with E-state index in [0.717, 1.165) is 0 Å². The number of nitrogens with one attached hydrogen (secondary N) is 1. The first-order valence-electron chi connectivity index (χ1n) is 4.11. The van der Waals surface area contributed by atoms with Crippen molar-refractivity contribution in [2.24, 2.45) is 0 Å². The van der Waals surface area contributed by atoms with E-state index in [-0.39, 0.29) is 18.0 Å². The molecule has 0 rings (SSSR count). The molecule has 0 saturated heterocycles. The van der Waals surface area contributed by atoms with Crippen LogP contribution in [-0.2, 0) is 14.3 Å². The van der Waals surface area contributed by atoms with Crippen LogP contribution in [-0.4, -0.2) is 25.4 Å². The van der Waals surface area contributed by atoms with Gasteiger partial charge in [-0.25, -0.2) is 4.79 Å². The molecule has 0 aromatic rings. The number of carbonyl (C=O) groups is 2. The highest BCUT2D eigenvalue weighted by molar-refractivity contribution is 6.16. The summed E-state index contributed by atoms with van der Waals surface area (Å²) in [6.07, 6.45) is 0. The lowest BCUT2D eigenvalue weighted by Crippen LogP contribution is -2.19. The summed E-state index contributed by atoms with van der Waals surface area (Å²) >= 11 is 0. The highest BCUT2D eigenvalue weighted by Crippen LogP contribution is 2.04. The minimum Gasteiger partial charge on any atom is -0.462 e. The van der Waals surface area contributed by atoms with Crippen LogP contribution in [0.1, 0.15) is 20.8 Å². The van der Waals surface area contributed by atoms with E-state index in [2.05, 4.69) is 5.32 Å². The van der Waals surface area contributed by atoms with Crippen molar-refractivity contribution in [1.82, 2.24) is 5.32 Å². The molecule has 0 bridgehead atoms. The van der Waals surface area contributed by atoms with Gasteiger partial charge in [-0.1, -0.05) is 0 Å². The van der Waals surface area contributed by atoms with Gasteiger partial charge in [0.05, 0.1) is 6.61 Å². The Balaban J connectivity index is 4.82. The van der Waals surface area contributed by atoms with Crippen LogP contribution in [0.25, 0.3) is 0 Å².